The largest absolute Gasteiger partial charge is 0.416 e. The van der Waals surface area contributed by atoms with E-state index in [0.717, 1.165) is 16.6 Å². The molecule has 0 fully saturated rings. The molecule has 0 aromatic heterocycles. The van der Waals surface area contributed by atoms with Crippen molar-refractivity contribution in [2.24, 2.45) is 0 Å². The lowest BCUT2D eigenvalue weighted by atomic mass is 10.1. The molecule has 1 N–H and O–H groups in total. The van der Waals surface area contributed by atoms with Crippen LogP contribution < -0.4 is 9.62 Å². The Morgan fingerprint density at radius 1 is 0.976 bits per heavy atom. The monoisotopic (exact) mass is 687 g/mol. The normalized spacial score (nSPS) is 12.9. The minimum Gasteiger partial charge on any atom is -0.350 e. The fourth-order valence-electron chi connectivity index (χ4n) is 3.96. The Kier molecular flexibility index (Phi) is 10.4. The molecular formula is C29H30BrClF3N3O4S. The van der Waals surface area contributed by atoms with Gasteiger partial charge in [-0.25, -0.2) is 8.42 Å². The van der Waals surface area contributed by atoms with E-state index in [0.29, 0.717) is 15.9 Å². The fourth-order valence-corrected chi connectivity index (χ4v) is 5.94. The Morgan fingerprint density at radius 3 is 2.12 bits per heavy atom. The Bertz CT molecular complexity index is 1530. The molecule has 0 bridgehead atoms. The zero-order valence-corrected chi connectivity index (χ0v) is 26.4. The average Bonchev–Trinajstić information content (AvgIpc) is 2.90. The van der Waals surface area contributed by atoms with E-state index < -0.39 is 57.4 Å². The molecule has 7 nitrogen and oxygen atoms in total. The third-order valence-electron chi connectivity index (χ3n) is 6.08. The number of nitrogens with one attached hydrogen (secondary N) is 1. The van der Waals surface area contributed by atoms with Gasteiger partial charge in [-0.3, -0.25) is 13.9 Å². The molecule has 0 aliphatic carbocycles. The molecule has 226 valence electrons. The molecule has 0 radical (unpaired) electrons. The molecule has 42 heavy (non-hydrogen) atoms. The second-order valence-corrected chi connectivity index (χ2v) is 13.7. The van der Waals surface area contributed by atoms with E-state index >= 15 is 0 Å². The molecule has 3 aromatic rings. The maximum Gasteiger partial charge on any atom is 0.416 e. The molecule has 0 spiro atoms. The average molecular weight is 689 g/mol. The zero-order chi connectivity index (χ0) is 31.5. The Balaban J connectivity index is 2.13. The van der Waals surface area contributed by atoms with Gasteiger partial charge in [0.2, 0.25) is 11.8 Å². The molecule has 3 rings (SSSR count). The van der Waals surface area contributed by atoms with Crippen LogP contribution in [0.25, 0.3) is 0 Å². The first kappa shape index (κ1) is 33.4. The summed E-state index contributed by atoms with van der Waals surface area (Å²) < 4.78 is 69.9. The topological polar surface area (TPSA) is 86.8 Å². The molecule has 0 unspecified atom stereocenters. The van der Waals surface area contributed by atoms with E-state index in [4.69, 9.17) is 11.6 Å². The molecule has 0 saturated carbocycles. The SMILES string of the molecule is C[C@@H](C(=O)NC(C)(C)C)N(Cc1ccc(Br)cc1)C(=O)CN(c1cc(C(F)(F)F)ccc1Cl)S(=O)(=O)c1ccccc1. The van der Waals surface area contributed by atoms with Gasteiger partial charge in [-0.1, -0.05) is 57.9 Å². The lowest BCUT2D eigenvalue weighted by molar-refractivity contribution is -0.140. The number of hydrogen-bond acceptors (Lipinski definition) is 4. The van der Waals surface area contributed by atoms with Crippen molar-refractivity contribution < 1.29 is 31.2 Å². The zero-order valence-electron chi connectivity index (χ0n) is 23.2. The van der Waals surface area contributed by atoms with Crippen LogP contribution in [0.2, 0.25) is 5.02 Å². The minimum atomic E-state index is -4.81. The van der Waals surface area contributed by atoms with Crippen LogP contribution in [-0.4, -0.2) is 43.3 Å². The number of rotatable bonds is 9. The molecular weight excluding hydrogens is 659 g/mol. The summed E-state index contributed by atoms with van der Waals surface area (Å²) in [5.41, 5.74) is -1.67. The number of carbonyl (C=O) groups excluding carboxylic acids is 2. The van der Waals surface area contributed by atoms with Crippen molar-refractivity contribution in [3.8, 4) is 0 Å². The van der Waals surface area contributed by atoms with E-state index in [1.165, 1.54) is 36.1 Å². The summed E-state index contributed by atoms with van der Waals surface area (Å²) in [6.07, 6.45) is -4.81. The predicted octanol–water partition coefficient (Wildman–Crippen LogP) is 6.65. The first-order valence-electron chi connectivity index (χ1n) is 12.7. The summed E-state index contributed by atoms with van der Waals surface area (Å²) in [7, 11) is -4.59. The smallest absolute Gasteiger partial charge is 0.350 e. The van der Waals surface area contributed by atoms with Crippen LogP contribution in [-0.2, 0) is 32.3 Å². The molecule has 0 heterocycles. The van der Waals surface area contributed by atoms with Gasteiger partial charge in [-0.15, -0.1) is 0 Å². The second-order valence-electron chi connectivity index (χ2n) is 10.6. The lowest BCUT2D eigenvalue weighted by Gasteiger charge is -2.33. The van der Waals surface area contributed by atoms with Crippen molar-refractivity contribution in [3.63, 3.8) is 0 Å². The fraction of sp³-hybridized carbons (Fsp3) is 0.310. The number of benzene rings is 3. The number of carbonyl (C=O) groups is 2. The molecule has 0 aliphatic rings. The van der Waals surface area contributed by atoms with Gasteiger partial charge in [0, 0.05) is 16.6 Å². The Labute approximate surface area is 256 Å². The number of halogens is 5. The van der Waals surface area contributed by atoms with E-state index in [2.05, 4.69) is 21.2 Å². The summed E-state index contributed by atoms with van der Waals surface area (Å²) in [5, 5.41) is 2.49. The van der Waals surface area contributed by atoms with E-state index in [1.54, 1.807) is 51.1 Å². The van der Waals surface area contributed by atoms with Crippen LogP contribution in [0.15, 0.2) is 82.2 Å². The summed E-state index contributed by atoms with van der Waals surface area (Å²) in [5.74, 6) is -1.33. The van der Waals surface area contributed by atoms with Gasteiger partial charge in [0.1, 0.15) is 12.6 Å². The van der Waals surface area contributed by atoms with E-state index in [1.807, 2.05) is 0 Å². The molecule has 13 heteroatoms. The highest BCUT2D eigenvalue weighted by molar-refractivity contribution is 9.10. The van der Waals surface area contributed by atoms with E-state index in [-0.39, 0.29) is 16.5 Å². The maximum absolute atomic E-state index is 13.9. The first-order chi connectivity index (χ1) is 19.4. The van der Waals surface area contributed by atoms with Crippen LogP contribution in [0.5, 0.6) is 0 Å². The van der Waals surface area contributed by atoms with Gasteiger partial charge in [-0.05, 0) is 75.7 Å². The van der Waals surface area contributed by atoms with Crippen LogP contribution in [0.4, 0.5) is 18.9 Å². The van der Waals surface area contributed by atoms with Gasteiger partial charge in [0.05, 0.1) is 21.2 Å². The van der Waals surface area contributed by atoms with Gasteiger partial charge in [0.15, 0.2) is 0 Å². The third-order valence-corrected chi connectivity index (χ3v) is 8.71. The highest BCUT2D eigenvalue weighted by atomic mass is 79.9. The lowest BCUT2D eigenvalue weighted by Crippen LogP contribution is -2.54. The number of sulfonamides is 1. The predicted molar refractivity (Wildman–Crippen MR) is 159 cm³/mol. The van der Waals surface area contributed by atoms with Crippen molar-refractivity contribution in [2.45, 2.75) is 56.9 Å². The number of hydrogen-bond donors (Lipinski definition) is 1. The summed E-state index contributed by atoms with van der Waals surface area (Å²) in [6, 6.07) is 15.1. The molecule has 3 aromatic carbocycles. The number of anilines is 1. The van der Waals surface area contributed by atoms with Crippen LogP contribution in [0.3, 0.4) is 0 Å². The van der Waals surface area contributed by atoms with Crippen molar-refractivity contribution in [1.82, 2.24) is 10.2 Å². The van der Waals surface area contributed by atoms with Crippen molar-refractivity contribution in [3.05, 3.63) is 93.4 Å². The highest BCUT2D eigenvalue weighted by Gasteiger charge is 2.36. The number of nitrogens with zero attached hydrogens (tertiary/aromatic N) is 2. The first-order valence-corrected chi connectivity index (χ1v) is 15.3. The van der Waals surface area contributed by atoms with Crippen LogP contribution in [0, 0.1) is 0 Å². The molecule has 0 aliphatic heterocycles. The standard InChI is InChI=1S/C29H30BrClF3N3O4S/c1-19(27(39)35-28(2,3)4)36(17-20-10-13-22(30)14-11-20)26(38)18-37(42(40,41)23-8-6-5-7-9-23)25-16-21(29(32,33)34)12-15-24(25)31/h5-16,19H,17-18H2,1-4H3,(H,35,39)/t19-/m0/s1. The molecule has 1 atom stereocenters. The minimum absolute atomic E-state index is 0.0829. The van der Waals surface area contributed by atoms with Crippen molar-refractivity contribution >= 4 is 55.1 Å². The Hall–Kier alpha value is -3.09. The summed E-state index contributed by atoms with van der Waals surface area (Å²) >= 11 is 9.61. The van der Waals surface area contributed by atoms with Gasteiger partial charge in [-0.2, -0.15) is 13.2 Å². The number of alkyl halides is 3. The molecule has 2 amide bonds. The molecule has 0 saturated heterocycles. The van der Waals surface area contributed by atoms with Gasteiger partial charge < -0.3 is 10.2 Å². The van der Waals surface area contributed by atoms with Gasteiger partial charge in [0.25, 0.3) is 10.0 Å². The maximum atomic E-state index is 13.9. The van der Waals surface area contributed by atoms with E-state index in [9.17, 15) is 31.2 Å². The Morgan fingerprint density at radius 2 is 1.57 bits per heavy atom. The van der Waals surface area contributed by atoms with Gasteiger partial charge >= 0.3 is 6.18 Å². The third kappa shape index (κ3) is 8.48. The summed E-state index contributed by atoms with van der Waals surface area (Å²) in [6.45, 7) is 5.78. The van der Waals surface area contributed by atoms with Crippen molar-refractivity contribution in [2.75, 3.05) is 10.8 Å². The van der Waals surface area contributed by atoms with Crippen molar-refractivity contribution in [1.29, 1.82) is 0 Å². The quantitative estimate of drug-likeness (QED) is 0.273. The van der Waals surface area contributed by atoms with Crippen LogP contribution >= 0.6 is 27.5 Å². The number of amides is 2. The van der Waals surface area contributed by atoms with Crippen LogP contribution in [0.1, 0.15) is 38.8 Å². The second kappa shape index (κ2) is 13.0. The summed E-state index contributed by atoms with van der Waals surface area (Å²) in [4.78, 5) is 28.0. The highest BCUT2D eigenvalue weighted by Crippen LogP contribution is 2.37.